The third-order valence-electron chi connectivity index (χ3n) is 2.39. The van der Waals surface area contributed by atoms with Crippen LogP contribution in [0.15, 0.2) is 18.2 Å². The number of anilines is 1. The highest BCUT2D eigenvalue weighted by molar-refractivity contribution is 7.90. The molecule has 0 aliphatic carbocycles. The van der Waals surface area contributed by atoms with Crippen LogP contribution >= 0.6 is 11.6 Å². The molecule has 0 radical (unpaired) electrons. The molecule has 1 rings (SSSR count). The van der Waals surface area contributed by atoms with Gasteiger partial charge >= 0.3 is 10.2 Å². The lowest BCUT2D eigenvalue weighted by Crippen LogP contribution is -2.35. The molecular formula is C11H14ClN3O2S. The van der Waals surface area contributed by atoms with Gasteiger partial charge in [0.2, 0.25) is 0 Å². The van der Waals surface area contributed by atoms with Crippen molar-refractivity contribution in [3.8, 4) is 6.07 Å². The highest BCUT2D eigenvalue weighted by Crippen LogP contribution is 2.22. The molecule has 5 nitrogen and oxygen atoms in total. The molecule has 7 heteroatoms. The third kappa shape index (κ3) is 3.35. The van der Waals surface area contributed by atoms with Crippen molar-refractivity contribution in [2.24, 2.45) is 0 Å². The van der Waals surface area contributed by atoms with Crippen LogP contribution in [0.4, 0.5) is 5.69 Å². The van der Waals surface area contributed by atoms with E-state index in [0.29, 0.717) is 18.1 Å². The molecule has 0 spiro atoms. The van der Waals surface area contributed by atoms with Crippen LogP contribution in [-0.2, 0) is 10.2 Å². The number of hydrogen-bond acceptors (Lipinski definition) is 3. The summed E-state index contributed by atoms with van der Waals surface area (Å²) >= 11 is 5.79. The molecule has 1 aromatic rings. The second-order valence-electron chi connectivity index (χ2n) is 3.49. The second-order valence-corrected chi connectivity index (χ2v) is 5.60. The van der Waals surface area contributed by atoms with E-state index in [1.54, 1.807) is 13.8 Å². The van der Waals surface area contributed by atoms with E-state index >= 15 is 0 Å². The molecule has 98 valence electrons. The first kappa shape index (κ1) is 14.8. The Morgan fingerprint density at radius 1 is 1.39 bits per heavy atom. The topological polar surface area (TPSA) is 73.2 Å². The van der Waals surface area contributed by atoms with E-state index in [1.807, 2.05) is 6.07 Å². The summed E-state index contributed by atoms with van der Waals surface area (Å²) in [7, 11) is -3.65. The van der Waals surface area contributed by atoms with E-state index in [1.165, 1.54) is 22.5 Å². The minimum atomic E-state index is -3.65. The number of nitrogens with zero attached hydrogens (tertiary/aromatic N) is 2. The molecule has 0 unspecified atom stereocenters. The molecule has 18 heavy (non-hydrogen) atoms. The monoisotopic (exact) mass is 287 g/mol. The second kappa shape index (κ2) is 6.05. The van der Waals surface area contributed by atoms with Gasteiger partial charge in [-0.05, 0) is 18.2 Å². The lowest BCUT2D eigenvalue weighted by molar-refractivity contribution is 0.449. The standard InChI is InChI=1S/C11H14ClN3O2S/c1-3-15(4-2)18(16,17)14-11-7-10(12)6-5-9(11)8-13/h5-7,14H,3-4H2,1-2H3. The molecule has 1 N–H and O–H groups in total. The van der Waals surface area contributed by atoms with E-state index < -0.39 is 10.2 Å². The Labute approximate surface area is 112 Å². The predicted octanol–water partition coefficient (Wildman–Crippen LogP) is 2.21. The fourth-order valence-electron chi connectivity index (χ4n) is 1.47. The van der Waals surface area contributed by atoms with E-state index in [9.17, 15) is 8.42 Å². The van der Waals surface area contributed by atoms with E-state index in [0.717, 1.165) is 0 Å². The number of nitrogens with one attached hydrogen (secondary N) is 1. The van der Waals surface area contributed by atoms with Gasteiger partial charge in [0.15, 0.2) is 0 Å². The molecule has 0 bridgehead atoms. The van der Waals surface area contributed by atoms with Crippen LogP contribution in [0.3, 0.4) is 0 Å². The molecule has 0 heterocycles. The maximum atomic E-state index is 12.0. The third-order valence-corrected chi connectivity index (χ3v) is 4.30. The summed E-state index contributed by atoms with van der Waals surface area (Å²) in [6, 6.07) is 6.35. The molecule has 0 amide bonds. The van der Waals surface area contributed by atoms with Gasteiger partial charge in [0, 0.05) is 18.1 Å². The average molecular weight is 288 g/mol. The predicted molar refractivity (Wildman–Crippen MR) is 71.6 cm³/mol. The molecule has 0 saturated carbocycles. The van der Waals surface area contributed by atoms with Gasteiger partial charge in [0.05, 0.1) is 11.3 Å². The highest BCUT2D eigenvalue weighted by Gasteiger charge is 2.19. The Kier molecular flexibility index (Phi) is 4.96. The van der Waals surface area contributed by atoms with Crippen LogP contribution in [-0.4, -0.2) is 25.8 Å². The van der Waals surface area contributed by atoms with Gasteiger partial charge in [0.1, 0.15) is 6.07 Å². The van der Waals surface area contributed by atoms with Crippen molar-refractivity contribution in [2.75, 3.05) is 17.8 Å². The molecule has 0 aromatic heterocycles. The smallest absolute Gasteiger partial charge is 0.270 e. The van der Waals surface area contributed by atoms with Crippen LogP contribution in [0.25, 0.3) is 0 Å². The first-order valence-electron chi connectivity index (χ1n) is 5.42. The first-order chi connectivity index (χ1) is 8.44. The summed E-state index contributed by atoms with van der Waals surface area (Å²) in [6.45, 7) is 4.19. The summed E-state index contributed by atoms with van der Waals surface area (Å²) in [5, 5.41) is 9.28. The van der Waals surface area contributed by atoms with Crippen LogP contribution in [0.1, 0.15) is 19.4 Å². The van der Waals surface area contributed by atoms with Crippen LogP contribution in [0.2, 0.25) is 5.02 Å². The van der Waals surface area contributed by atoms with Crippen molar-refractivity contribution in [2.45, 2.75) is 13.8 Å². The largest absolute Gasteiger partial charge is 0.301 e. The van der Waals surface area contributed by atoms with Crippen molar-refractivity contribution in [3.05, 3.63) is 28.8 Å². The van der Waals surface area contributed by atoms with E-state index in [-0.39, 0.29) is 11.3 Å². The lowest BCUT2D eigenvalue weighted by atomic mass is 10.2. The van der Waals surface area contributed by atoms with Crippen LogP contribution < -0.4 is 4.72 Å². The maximum absolute atomic E-state index is 12.0. The summed E-state index contributed by atoms with van der Waals surface area (Å²) in [6.07, 6.45) is 0. The fraction of sp³-hybridized carbons (Fsp3) is 0.364. The number of benzene rings is 1. The normalized spacial score (nSPS) is 11.3. The quantitative estimate of drug-likeness (QED) is 0.902. The number of halogens is 1. The Hall–Kier alpha value is -1.29. The van der Waals surface area contributed by atoms with Gasteiger partial charge in [-0.15, -0.1) is 0 Å². The summed E-state index contributed by atoms with van der Waals surface area (Å²) in [5.41, 5.74) is 0.423. The SMILES string of the molecule is CCN(CC)S(=O)(=O)Nc1cc(Cl)ccc1C#N. The zero-order valence-electron chi connectivity index (χ0n) is 10.1. The van der Waals surface area contributed by atoms with Gasteiger partial charge in [-0.1, -0.05) is 25.4 Å². The van der Waals surface area contributed by atoms with Gasteiger partial charge in [0.25, 0.3) is 0 Å². The molecule has 1 aromatic carbocycles. The fourth-order valence-corrected chi connectivity index (χ4v) is 2.89. The molecule has 0 saturated heterocycles. The Morgan fingerprint density at radius 2 is 2.00 bits per heavy atom. The zero-order valence-corrected chi connectivity index (χ0v) is 11.7. The summed E-state index contributed by atoms with van der Waals surface area (Å²) in [5.74, 6) is 0. The van der Waals surface area contributed by atoms with E-state index in [4.69, 9.17) is 16.9 Å². The Bertz CT molecular complexity index is 562. The van der Waals surface area contributed by atoms with Gasteiger partial charge in [-0.2, -0.15) is 18.0 Å². The van der Waals surface area contributed by atoms with Crippen molar-refractivity contribution >= 4 is 27.5 Å². The van der Waals surface area contributed by atoms with Gasteiger partial charge in [-0.3, -0.25) is 4.72 Å². The van der Waals surface area contributed by atoms with Gasteiger partial charge in [-0.25, -0.2) is 0 Å². The first-order valence-corrected chi connectivity index (χ1v) is 7.24. The minimum absolute atomic E-state index is 0.192. The Morgan fingerprint density at radius 3 is 2.50 bits per heavy atom. The minimum Gasteiger partial charge on any atom is -0.270 e. The maximum Gasteiger partial charge on any atom is 0.301 e. The van der Waals surface area contributed by atoms with Crippen molar-refractivity contribution in [3.63, 3.8) is 0 Å². The number of hydrogen-bond donors (Lipinski definition) is 1. The zero-order chi connectivity index (χ0) is 13.8. The van der Waals surface area contributed by atoms with Crippen molar-refractivity contribution < 1.29 is 8.42 Å². The Balaban J connectivity index is 3.12. The van der Waals surface area contributed by atoms with Gasteiger partial charge < -0.3 is 0 Å². The van der Waals surface area contributed by atoms with Crippen LogP contribution in [0.5, 0.6) is 0 Å². The van der Waals surface area contributed by atoms with Crippen molar-refractivity contribution in [1.82, 2.24) is 4.31 Å². The molecule has 0 atom stereocenters. The van der Waals surface area contributed by atoms with E-state index in [2.05, 4.69) is 4.72 Å². The molecule has 0 fully saturated rings. The average Bonchev–Trinajstić information content (AvgIpc) is 2.29. The summed E-state index contributed by atoms with van der Waals surface area (Å²) in [4.78, 5) is 0. The van der Waals surface area contributed by atoms with Crippen LogP contribution in [0, 0.1) is 11.3 Å². The lowest BCUT2D eigenvalue weighted by Gasteiger charge is -2.19. The summed E-state index contributed by atoms with van der Waals surface area (Å²) < 4.78 is 27.6. The molecule has 0 aliphatic heterocycles. The van der Waals surface area contributed by atoms with Crippen molar-refractivity contribution in [1.29, 1.82) is 5.26 Å². The number of nitriles is 1. The molecular weight excluding hydrogens is 274 g/mol. The number of rotatable bonds is 5. The molecule has 0 aliphatic rings. The highest BCUT2D eigenvalue weighted by atomic mass is 35.5.